The normalized spacial score (nSPS) is 18.1. The van der Waals surface area contributed by atoms with E-state index in [1.54, 1.807) is 10.9 Å². The lowest BCUT2D eigenvalue weighted by molar-refractivity contribution is -0.122. The van der Waals surface area contributed by atoms with Crippen LogP contribution in [0.5, 0.6) is 0 Å². The van der Waals surface area contributed by atoms with Crippen LogP contribution in [0.4, 0.5) is 0 Å². The first kappa shape index (κ1) is 19.1. The molecule has 3 rings (SSSR count). The Kier molecular flexibility index (Phi) is 5.90. The molecule has 0 aliphatic carbocycles. The Morgan fingerprint density at radius 1 is 1.19 bits per heavy atom. The smallest absolute Gasteiger partial charge is 0.224 e. The highest BCUT2D eigenvalue weighted by Gasteiger charge is 2.28. The molecule has 1 atom stereocenters. The second kappa shape index (κ2) is 8.34. The van der Waals surface area contributed by atoms with Crippen molar-refractivity contribution in [2.24, 2.45) is 0 Å². The van der Waals surface area contributed by atoms with Gasteiger partial charge in [-0.3, -0.25) is 9.59 Å². The Labute approximate surface area is 157 Å². The minimum absolute atomic E-state index is 0.000371. The molecular formula is C18H22N4O4S. The average molecular weight is 390 g/mol. The third kappa shape index (κ3) is 5.65. The van der Waals surface area contributed by atoms with Crippen molar-refractivity contribution >= 4 is 21.7 Å². The van der Waals surface area contributed by atoms with E-state index in [0.29, 0.717) is 6.42 Å². The van der Waals surface area contributed by atoms with Gasteiger partial charge in [-0.2, -0.15) is 5.10 Å². The van der Waals surface area contributed by atoms with Crippen LogP contribution in [-0.2, 0) is 25.8 Å². The zero-order valence-electron chi connectivity index (χ0n) is 14.8. The first-order valence-corrected chi connectivity index (χ1v) is 10.6. The maximum Gasteiger partial charge on any atom is 0.224 e. The van der Waals surface area contributed by atoms with Gasteiger partial charge in [-0.25, -0.2) is 13.1 Å². The number of benzene rings is 1. The van der Waals surface area contributed by atoms with E-state index in [1.807, 2.05) is 36.5 Å². The van der Waals surface area contributed by atoms with E-state index >= 15 is 0 Å². The van der Waals surface area contributed by atoms with Gasteiger partial charge in [-0.1, -0.05) is 12.1 Å². The summed E-state index contributed by atoms with van der Waals surface area (Å²) < 4.78 is 24.5. The number of rotatable bonds is 7. The summed E-state index contributed by atoms with van der Waals surface area (Å²) in [5.74, 6) is -0.299. The lowest BCUT2D eigenvalue weighted by Gasteiger charge is -2.11. The van der Waals surface area contributed by atoms with Crippen molar-refractivity contribution in [2.75, 3.05) is 18.1 Å². The summed E-state index contributed by atoms with van der Waals surface area (Å²) in [6.07, 6.45) is 4.34. The number of carbonyl (C=O) groups is 2. The molecule has 1 aromatic heterocycles. The van der Waals surface area contributed by atoms with Crippen molar-refractivity contribution in [3.05, 3.63) is 48.3 Å². The summed E-state index contributed by atoms with van der Waals surface area (Å²) in [6.45, 7) is 0.218. The van der Waals surface area contributed by atoms with E-state index in [1.165, 1.54) is 0 Å². The van der Waals surface area contributed by atoms with Crippen LogP contribution in [0.15, 0.2) is 42.7 Å². The second-order valence-electron chi connectivity index (χ2n) is 6.56. The summed E-state index contributed by atoms with van der Waals surface area (Å²) in [5.41, 5.74) is 1.78. The molecule has 8 nitrogen and oxygen atoms in total. The monoisotopic (exact) mass is 390 g/mol. The molecule has 0 saturated carbocycles. The highest BCUT2D eigenvalue weighted by molar-refractivity contribution is 7.91. The Hall–Kier alpha value is -2.68. The molecule has 2 N–H and O–H groups in total. The summed E-state index contributed by atoms with van der Waals surface area (Å²) in [4.78, 5) is 23.8. The third-order valence-corrected chi connectivity index (χ3v) is 6.11. The number of hydrogen-bond acceptors (Lipinski definition) is 5. The van der Waals surface area contributed by atoms with Gasteiger partial charge >= 0.3 is 0 Å². The molecule has 1 aliphatic heterocycles. The number of nitrogens with one attached hydrogen (secondary N) is 2. The Balaban J connectivity index is 1.37. The topological polar surface area (TPSA) is 110 Å². The number of aromatic nitrogens is 2. The highest BCUT2D eigenvalue weighted by atomic mass is 32.2. The van der Waals surface area contributed by atoms with Crippen LogP contribution in [0, 0.1) is 0 Å². The van der Waals surface area contributed by atoms with Crippen LogP contribution >= 0.6 is 0 Å². The summed E-state index contributed by atoms with van der Waals surface area (Å²) in [6, 6.07) is 9.03. The number of carbonyl (C=O) groups excluding carboxylic acids is 2. The van der Waals surface area contributed by atoms with Crippen molar-refractivity contribution in [1.29, 1.82) is 0 Å². The summed E-state index contributed by atoms with van der Waals surface area (Å²) >= 11 is 0. The van der Waals surface area contributed by atoms with E-state index < -0.39 is 9.84 Å². The van der Waals surface area contributed by atoms with Crippen molar-refractivity contribution in [1.82, 2.24) is 20.4 Å². The Bertz CT molecular complexity index is 892. The van der Waals surface area contributed by atoms with Gasteiger partial charge in [0.25, 0.3) is 0 Å². The standard InChI is InChI=1S/C18H22N4O4S/c23-17(21-15-7-11-27(25,26)13-15)6-9-19-18(24)12-14-2-4-16(5-3-14)22-10-1-8-20-22/h1-5,8,10,15H,6-7,9,11-13H2,(H,19,24)(H,21,23)/t15-/m0/s1. The van der Waals surface area contributed by atoms with Gasteiger partial charge < -0.3 is 10.6 Å². The molecule has 0 radical (unpaired) electrons. The highest BCUT2D eigenvalue weighted by Crippen LogP contribution is 2.11. The lowest BCUT2D eigenvalue weighted by atomic mass is 10.1. The van der Waals surface area contributed by atoms with Gasteiger partial charge in [0.1, 0.15) is 0 Å². The number of amides is 2. The van der Waals surface area contributed by atoms with Crippen LogP contribution in [0.2, 0.25) is 0 Å². The molecule has 27 heavy (non-hydrogen) atoms. The molecule has 9 heteroatoms. The Morgan fingerprint density at radius 3 is 2.59 bits per heavy atom. The quantitative estimate of drug-likeness (QED) is 0.703. The minimum atomic E-state index is -3.02. The fourth-order valence-corrected chi connectivity index (χ4v) is 4.63. The summed E-state index contributed by atoms with van der Waals surface area (Å²) in [5, 5.41) is 9.55. The van der Waals surface area contributed by atoms with E-state index in [-0.39, 0.29) is 48.7 Å². The predicted molar refractivity (Wildman–Crippen MR) is 100 cm³/mol. The molecule has 1 saturated heterocycles. The zero-order valence-corrected chi connectivity index (χ0v) is 15.6. The van der Waals surface area contributed by atoms with E-state index in [2.05, 4.69) is 15.7 Å². The molecule has 1 fully saturated rings. The maximum absolute atomic E-state index is 12.0. The fraction of sp³-hybridized carbons (Fsp3) is 0.389. The molecule has 0 spiro atoms. The van der Waals surface area contributed by atoms with Crippen molar-refractivity contribution < 1.29 is 18.0 Å². The first-order chi connectivity index (χ1) is 12.9. The van der Waals surface area contributed by atoms with E-state index in [9.17, 15) is 18.0 Å². The van der Waals surface area contributed by atoms with Crippen LogP contribution < -0.4 is 10.6 Å². The molecular weight excluding hydrogens is 368 g/mol. The third-order valence-electron chi connectivity index (χ3n) is 4.34. The lowest BCUT2D eigenvalue weighted by Crippen LogP contribution is -2.37. The molecule has 2 amide bonds. The van der Waals surface area contributed by atoms with E-state index in [4.69, 9.17) is 0 Å². The van der Waals surface area contributed by atoms with Crippen LogP contribution in [0.3, 0.4) is 0 Å². The van der Waals surface area contributed by atoms with Gasteiger partial charge in [0, 0.05) is 31.4 Å². The van der Waals surface area contributed by atoms with Crippen molar-refractivity contribution in [3.8, 4) is 5.69 Å². The van der Waals surface area contributed by atoms with Crippen molar-refractivity contribution in [3.63, 3.8) is 0 Å². The number of nitrogens with zero attached hydrogens (tertiary/aromatic N) is 2. The van der Waals surface area contributed by atoms with Crippen molar-refractivity contribution in [2.45, 2.75) is 25.3 Å². The van der Waals surface area contributed by atoms with Gasteiger partial charge in [-0.15, -0.1) is 0 Å². The SMILES string of the molecule is O=C(Cc1ccc(-n2cccn2)cc1)NCCC(=O)N[C@H]1CCS(=O)(=O)C1. The average Bonchev–Trinajstić information content (AvgIpc) is 3.25. The first-order valence-electron chi connectivity index (χ1n) is 8.77. The van der Waals surface area contributed by atoms with Gasteiger partial charge in [0.2, 0.25) is 11.8 Å². The van der Waals surface area contributed by atoms with E-state index in [0.717, 1.165) is 11.3 Å². The number of sulfone groups is 1. The molecule has 1 aromatic carbocycles. The van der Waals surface area contributed by atoms with Gasteiger partial charge in [0.05, 0.1) is 23.6 Å². The maximum atomic E-state index is 12.0. The minimum Gasteiger partial charge on any atom is -0.355 e. The largest absolute Gasteiger partial charge is 0.355 e. The molecule has 2 aromatic rings. The molecule has 0 bridgehead atoms. The molecule has 144 valence electrons. The molecule has 0 unspecified atom stereocenters. The predicted octanol–water partition coefficient (Wildman–Crippen LogP) is 0.224. The zero-order chi connectivity index (χ0) is 19.3. The van der Waals surface area contributed by atoms with Gasteiger partial charge in [-0.05, 0) is 30.2 Å². The summed E-state index contributed by atoms with van der Waals surface area (Å²) in [7, 11) is -3.02. The number of hydrogen-bond donors (Lipinski definition) is 2. The van der Waals surface area contributed by atoms with Crippen LogP contribution in [-0.4, -0.2) is 54.1 Å². The second-order valence-corrected chi connectivity index (χ2v) is 8.79. The van der Waals surface area contributed by atoms with Gasteiger partial charge in [0.15, 0.2) is 9.84 Å². The Morgan fingerprint density at radius 2 is 1.96 bits per heavy atom. The van der Waals surface area contributed by atoms with Crippen LogP contribution in [0.1, 0.15) is 18.4 Å². The fourth-order valence-electron chi connectivity index (χ4n) is 2.96. The molecule has 1 aliphatic rings. The molecule has 2 heterocycles. The van der Waals surface area contributed by atoms with Crippen LogP contribution in [0.25, 0.3) is 5.69 Å².